The van der Waals surface area contributed by atoms with Crippen molar-refractivity contribution in [1.29, 1.82) is 0 Å². The van der Waals surface area contributed by atoms with E-state index < -0.39 is 16.8 Å². The van der Waals surface area contributed by atoms with Gasteiger partial charge in [-0.15, -0.1) is 0 Å². The molecule has 1 saturated carbocycles. The lowest BCUT2D eigenvalue weighted by atomic mass is 9.77. The average Bonchev–Trinajstić information content (AvgIpc) is 3.09. The predicted octanol–water partition coefficient (Wildman–Crippen LogP) is 4.08. The number of carbonyl (C=O) groups is 1. The Balaban J connectivity index is 1.39. The van der Waals surface area contributed by atoms with Crippen LogP contribution in [0.1, 0.15) is 64.2 Å². The molecule has 5 heteroatoms. The molecule has 1 N–H and O–H groups in total. The molecule has 2 saturated heterocycles. The average molecular weight is 359 g/mol. The van der Waals surface area contributed by atoms with E-state index >= 15 is 0 Å². The van der Waals surface area contributed by atoms with E-state index in [1.54, 1.807) is 0 Å². The van der Waals surface area contributed by atoms with Crippen LogP contribution in [0.2, 0.25) is 0 Å². The van der Waals surface area contributed by atoms with Crippen molar-refractivity contribution in [3.8, 4) is 0 Å². The third kappa shape index (κ3) is 5.22. The summed E-state index contributed by atoms with van der Waals surface area (Å²) >= 11 is 2.18. The minimum Gasteiger partial charge on any atom is -0.481 e. The smallest absolute Gasteiger partial charge is 0.303 e. The van der Waals surface area contributed by atoms with E-state index in [0.29, 0.717) is 12.3 Å². The van der Waals surface area contributed by atoms with Crippen LogP contribution >= 0.6 is 11.8 Å². The molecule has 132 valence electrons. The number of aliphatic carboxylic acids is 1. The van der Waals surface area contributed by atoms with E-state index in [-0.39, 0.29) is 0 Å². The van der Waals surface area contributed by atoms with Crippen molar-refractivity contribution in [2.45, 2.75) is 74.7 Å². The fraction of sp³-hybridized carbons (Fsp3) is 0.944. The molecule has 0 aromatic rings. The first kappa shape index (κ1) is 17.8. The molecule has 0 aromatic heterocycles. The highest BCUT2D eigenvalue weighted by Gasteiger charge is 2.48. The Morgan fingerprint density at radius 2 is 1.65 bits per heavy atom. The molecule has 23 heavy (non-hydrogen) atoms. The summed E-state index contributed by atoms with van der Waals surface area (Å²) < 4.78 is 12.4. The molecular weight excluding hydrogens is 328 g/mol. The largest absolute Gasteiger partial charge is 0.481 e. The van der Waals surface area contributed by atoms with Gasteiger partial charge in [-0.2, -0.15) is 11.8 Å². The molecule has 5 atom stereocenters. The molecule has 0 aromatic carbocycles. The lowest BCUT2D eigenvalue weighted by Crippen LogP contribution is -2.32. The molecule has 1 unspecified atom stereocenters. The Labute approximate surface area is 146 Å². The topological polar surface area (TPSA) is 54.4 Å². The van der Waals surface area contributed by atoms with E-state index in [2.05, 4.69) is 11.8 Å². The normalized spacial score (nSPS) is 33.9. The minimum absolute atomic E-state index is 0.312. The summed E-state index contributed by atoms with van der Waals surface area (Å²) in [4.78, 5) is 10.5. The number of fused-ring (bicyclic) bond motifs is 2. The van der Waals surface area contributed by atoms with Gasteiger partial charge in [-0.1, -0.05) is 19.3 Å². The predicted molar refractivity (Wildman–Crippen MR) is 97.3 cm³/mol. The molecule has 3 aliphatic rings. The van der Waals surface area contributed by atoms with Gasteiger partial charge in [0.25, 0.3) is 0 Å². The molecule has 2 bridgehead atoms. The molecule has 2 heterocycles. The van der Waals surface area contributed by atoms with Crippen molar-refractivity contribution in [3.05, 3.63) is 0 Å². The lowest BCUT2D eigenvalue weighted by molar-refractivity contribution is -0.137. The molecule has 1 aliphatic carbocycles. The zero-order chi connectivity index (χ0) is 16.2. The summed E-state index contributed by atoms with van der Waals surface area (Å²) in [7, 11) is -0.594. The van der Waals surface area contributed by atoms with E-state index in [9.17, 15) is 9.00 Å². The van der Waals surface area contributed by atoms with Crippen molar-refractivity contribution in [2.24, 2.45) is 17.8 Å². The number of hydrogen-bond acceptors (Lipinski definition) is 3. The molecule has 3 rings (SSSR count). The SMILES string of the molecule is O=C(O)CCCCCC[C@H]1[C@@H](CS(=O)CC2CC2)[C@H]2CC[C@@H]1S2. The standard InChI is InChI=1S/C18H30O3S2/c19-18(20)6-4-2-1-3-5-14-15(17-10-9-16(14)22-17)12-23(21)11-13-7-8-13/h13-17H,1-12H2,(H,19,20)/t14-,15+,16-,17+,23?/m0/s1. The van der Waals surface area contributed by atoms with Crippen LogP contribution < -0.4 is 0 Å². The maximum absolute atomic E-state index is 12.4. The second-order valence-corrected chi connectivity index (χ2v) is 10.7. The fourth-order valence-electron chi connectivity index (χ4n) is 4.34. The molecule has 2 aliphatic heterocycles. The summed E-state index contributed by atoms with van der Waals surface area (Å²) in [5.74, 6) is 3.48. The lowest BCUT2D eigenvalue weighted by Gasteiger charge is -2.29. The monoisotopic (exact) mass is 358 g/mol. The highest BCUT2D eigenvalue weighted by molar-refractivity contribution is 8.01. The number of carboxylic acids is 1. The maximum Gasteiger partial charge on any atom is 0.303 e. The molecule has 0 spiro atoms. The van der Waals surface area contributed by atoms with Crippen LogP contribution in [0.4, 0.5) is 0 Å². The molecule has 3 fully saturated rings. The third-order valence-corrected chi connectivity index (χ3v) is 9.23. The van der Waals surface area contributed by atoms with E-state index in [0.717, 1.165) is 53.1 Å². The summed E-state index contributed by atoms with van der Waals surface area (Å²) in [6.45, 7) is 0. The Morgan fingerprint density at radius 1 is 0.957 bits per heavy atom. The minimum atomic E-state index is -0.673. The van der Waals surface area contributed by atoms with Gasteiger partial charge in [0.05, 0.1) is 0 Å². The number of carboxylic acid groups (broad SMARTS) is 1. The zero-order valence-corrected chi connectivity index (χ0v) is 15.6. The Bertz CT molecular complexity index is 436. The quantitative estimate of drug-likeness (QED) is 0.565. The maximum atomic E-state index is 12.4. The van der Waals surface area contributed by atoms with Crippen LogP contribution in [-0.4, -0.2) is 37.3 Å². The first-order chi connectivity index (χ1) is 11.1. The van der Waals surface area contributed by atoms with E-state index in [1.807, 2.05) is 0 Å². The van der Waals surface area contributed by atoms with Gasteiger partial charge in [-0.25, -0.2) is 0 Å². The van der Waals surface area contributed by atoms with Crippen molar-refractivity contribution >= 4 is 28.5 Å². The third-order valence-electron chi connectivity index (χ3n) is 5.77. The number of rotatable bonds is 11. The van der Waals surface area contributed by atoms with E-state index in [4.69, 9.17) is 5.11 Å². The van der Waals surface area contributed by atoms with Crippen LogP contribution in [-0.2, 0) is 15.6 Å². The van der Waals surface area contributed by atoms with Crippen LogP contribution in [0.25, 0.3) is 0 Å². The van der Waals surface area contributed by atoms with Gasteiger partial charge in [-0.3, -0.25) is 9.00 Å². The van der Waals surface area contributed by atoms with Crippen LogP contribution in [0.5, 0.6) is 0 Å². The van der Waals surface area contributed by atoms with Gasteiger partial charge in [0, 0.05) is 39.2 Å². The van der Waals surface area contributed by atoms with Crippen molar-refractivity contribution < 1.29 is 14.1 Å². The molecular formula is C18H30O3S2. The van der Waals surface area contributed by atoms with Gasteiger partial charge in [-0.05, 0) is 56.3 Å². The first-order valence-corrected chi connectivity index (χ1v) is 11.8. The number of unbranched alkanes of at least 4 members (excludes halogenated alkanes) is 3. The first-order valence-electron chi connectivity index (χ1n) is 9.35. The van der Waals surface area contributed by atoms with Gasteiger partial charge < -0.3 is 5.11 Å². The Morgan fingerprint density at radius 3 is 2.35 bits per heavy atom. The van der Waals surface area contributed by atoms with Crippen molar-refractivity contribution in [3.63, 3.8) is 0 Å². The van der Waals surface area contributed by atoms with Crippen molar-refractivity contribution in [2.75, 3.05) is 11.5 Å². The zero-order valence-electron chi connectivity index (χ0n) is 14.0. The van der Waals surface area contributed by atoms with Gasteiger partial charge in [0.15, 0.2) is 0 Å². The summed E-state index contributed by atoms with van der Waals surface area (Å²) in [5, 5.41) is 10.3. The van der Waals surface area contributed by atoms with Gasteiger partial charge in [0.2, 0.25) is 0 Å². The molecule has 0 radical (unpaired) electrons. The summed E-state index contributed by atoms with van der Waals surface area (Å²) in [5.41, 5.74) is 0. The molecule has 3 nitrogen and oxygen atoms in total. The van der Waals surface area contributed by atoms with Gasteiger partial charge in [0.1, 0.15) is 0 Å². The summed E-state index contributed by atoms with van der Waals surface area (Å²) in [6.07, 6.45) is 11.1. The number of thioether (sulfide) groups is 1. The van der Waals surface area contributed by atoms with Crippen molar-refractivity contribution in [1.82, 2.24) is 0 Å². The van der Waals surface area contributed by atoms with Gasteiger partial charge >= 0.3 is 5.97 Å². The van der Waals surface area contributed by atoms with Crippen LogP contribution in [0.15, 0.2) is 0 Å². The van der Waals surface area contributed by atoms with E-state index in [1.165, 1.54) is 38.5 Å². The Hall–Kier alpha value is -0.0300. The fourth-order valence-corrected chi connectivity index (χ4v) is 8.40. The highest BCUT2D eigenvalue weighted by atomic mass is 32.2. The second kappa shape index (κ2) is 8.37. The molecule has 0 amide bonds. The van der Waals surface area contributed by atoms with Crippen LogP contribution in [0, 0.1) is 17.8 Å². The Kier molecular flexibility index (Phi) is 6.47. The highest BCUT2D eigenvalue weighted by Crippen LogP contribution is 2.54. The second-order valence-electron chi connectivity index (χ2n) is 7.68. The summed E-state index contributed by atoms with van der Waals surface area (Å²) in [6, 6.07) is 0. The van der Waals surface area contributed by atoms with Crippen LogP contribution in [0.3, 0.4) is 0 Å². The number of hydrogen-bond donors (Lipinski definition) is 1.